The maximum absolute atomic E-state index is 13.1. The van der Waals surface area contributed by atoms with Crippen LogP contribution in [0.4, 0.5) is 13.2 Å². The number of hydrogen-bond acceptors (Lipinski definition) is 2. The largest absolute Gasteiger partial charge is 0.396 e. The molecule has 82 valence electrons. The van der Waals surface area contributed by atoms with Crippen LogP contribution in [0.5, 0.6) is 0 Å². The monoisotopic (exact) mass is 208 g/mol. The minimum Gasteiger partial charge on any atom is -0.317 e. The highest BCUT2D eigenvalue weighted by Crippen LogP contribution is 2.55. The topological polar surface area (TPSA) is 34.0 Å². The Hall–Kier alpha value is -0.290. The first-order chi connectivity index (χ1) is 6.41. The second-order valence-corrected chi connectivity index (χ2v) is 4.52. The molecular formula is C9H15F3N2. The number of rotatable bonds is 1. The molecule has 2 heterocycles. The third kappa shape index (κ3) is 1.26. The van der Waals surface area contributed by atoms with Crippen molar-refractivity contribution in [2.24, 2.45) is 5.41 Å². The summed E-state index contributed by atoms with van der Waals surface area (Å²) < 4.78 is 39.2. The highest BCUT2D eigenvalue weighted by atomic mass is 19.4. The summed E-state index contributed by atoms with van der Waals surface area (Å²) >= 11 is 0. The van der Waals surface area contributed by atoms with E-state index >= 15 is 0 Å². The van der Waals surface area contributed by atoms with E-state index in [1.807, 2.05) is 0 Å². The van der Waals surface area contributed by atoms with Crippen LogP contribution in [0.15, 0.2) is 0 Å². The van der Waals surface area contributed by atoms with Gasteiger partial charge in [-0.3, -0.25) is 0 Å². The first-order valence-corrected chi connectivity index (χ1v) is 4.94. The van der Waals surface area contributed by atoms with Crippen LogP contribution in [-0.4, -0.2) is 31.3 Å². The maximum Gasteiger partial charge on any atom is 0.396 e. The number of nitrogens with one attached hydrogen (secondary N) is 2. The van der Waals surface area contributed by atoms with Crippen molar-refractivity contribution in [3.63, 3.8) is 0 Å². The Morgan fingerprint density at radius 1 is 1.14 bits per heavy atom. The SMILES string of the molecule is CC1(C2(C(F)(F)F)CCNCC2)CN1. The molecule has 2 N–H and O–H groups in total. The molecule has 5 heteroatoms. The second kappa shape index (κ2) is 2.85. The molecule has 1 atom stereocenters. The van der Waals surface area contributed by atoms with Gasteiger partial charge in [-0.25, -0.2) is 0 Å². The van der Waals surface area contributed by atoms with E-state index in [0.29, 0.717) is 19.6 Å². The highest BCUT2D eigenvalue weighted by molar-refractivity contribution is 5.16. The van der Waals surface area contributed by atoms with Crippen molar-refractivity contribution < 1.29 is 13.2 Å². The van der Waals surface area contributed by atoms with Crippen LogP contribution in [0, 0.1) is 5.41 Å². The fourth-order valence-corrected chi connectivity index (χ4v) is 2.47. The second-order valence-electron chi connectivity index (χ2n) is 4.52. The zero-order valence-corrected chi connectivity index (χ0v) is 8.17. The van der Waals surface area contributed by atoms with Crippen LogP contribution >= 0.6 is 0 Å². The van der Waals surface area contributed by atoms with Gasteiger partial charge in [-0.1, -0.05) is 0 Å². The summed E-state index contributed by atoms with van der Waals surface area (Å²) in [7, 11) is 0. The van der Waals surface area contributed by atoms with Gasteiger partial charge in [-0.05, 0) is 32.9 Å². The molecule has 0 amide bonds. The molecule has 14 heavy (non-hydrogen) atoms. The van der Waals surface area contributed by atoms with Gasteiger partial charge in [-0.2, -0.15) is 13.2 Å². The van der Waals surface area contributed by atoms with Crippen molar-refractivity contribution in [3.05, 3.63) is 0 Å². The van der Waals surface area contributed by atoms with Crippen LogP contribution in [-0.2, 0) is 0 Å². The quantitative estimate of drug-likeness (QED) is 0.636. The van der Waals surface area contributed by atoms with E-state index in [1.165, 1.54) is 0 Å². The van der Waals surface area contributed by atoms with E-state index in [0.717, 1.165) is 0 Å². The molecule has 0 aromatic rings. The zero-order chi connectivity index (χ0) is 10.4. The van der Waals surface area contributed by atoms with Crippen LogP contribution in [0.2, 0.25) is 0 Å². The molecule has 1 unspecified atom stereocenters. The van der Waals surface area contributed by atoms with Gasteiger partial charge < -0.3 is 10.6 Å². The Balaban J connectivity index is 2.28. The first-order valence-electron chi connectivity index (χ1n) is 4.94. The maximum atomic E-state index is 13.1. The summed E-state index contributed by atoms with van der Waals surface area (Å²) in [6.45, 7) is 3.12. The zero-order valence-electron chi connectivity index (χ0n) is 8.17. The van der Waals surface area contributed by atoms with Crippen molar-refractivity contribution in [1.29, 1.82) is 0 Å². The predicted molar refractivity (Wildman–Crippen MR) is 47.0 cm³/mol. The lowest BCUT2D eigenvalue weighted by atomic mass is 9.68. The molecule has 2 aliphatic heterocycles. The van der Waals surface area contributed by atoms with Crippen molar-refractivity contribution in [2.75, 3.05) is 19.6 Å². The average molecular weight is 208 g/mol. The van der Waals surface area contributed by atoms with Crippen LogP contribution < -0.4 is 10.6 Å². The molecule has 0 radical (unpaired) electrons. The Kier molecular flexibility index (Phi) is 2.09. The third-order valence-electron chi connectivity index (χ3n) is 3.76. The fourth-order valence-electron chi connectivity index (χ4n) is 2.47. The minimum atomic E-state index is -4.09. The number of halogens is 3. The van der Waals surface area contributed by atoms with E-state index in [2.05, 4.69) is 10.6 Å². The summed E-state index contributed by atoms with van der Waals surface area (Å²) in [5.41, 5.74) is -2.22. The van der Waals surface area contributed by atoms with E-state index in [1.54, 1.807) is 6.92 Å². The Bertz CT molecular complexity index is 219. The molecule has 0 aromatic carbocycles. The van der Waals surface area contributed by atoms with Gasteiger partial charge in [0.2, 0.25) is 0 Å². The van der Waals surface area contributed by atoms with Crippen LogP contribution in [0.3, 0.4) is 0 Å². The highest BCUT2D eigenvalue weighted by Gasteiger charge is 2.68. The number of piperidine rings is 1. The molecule has 2 fully saturated rings. The van der Waals surface area contributed by atoms with Gasteiger partial charge >= 0.3 is 6.18 Å². The van der Waals surface area contributed by atoms with E-state index in [-0.39, 0.29) is 12.8 Å². The molecule has 2 nitrogen and oxygen atoms in total. The molecule has 2 saturated heterocycles. The van der Waals surface area contributed by atoms with Gasteiger partial charge in [0.1, 0.15) is 0 Å². The molecule has 0 saturated carbocycles. The van der Waals surface area contributed by atoms with E-state index in [9.17, 15) is 13.2 Å². The average Bonchev–Trinajstić information content (AvgIpc) is 2.85. The fraction of sp³-hybridized carbons (Fsp3) is 1.00. The first kappa shape index (κ1) is 10.2. The number of alkyl halides is 3. The molecule has 0 aliphatic carbocycles. The normalized spacial score (nSPS) is 36.9. The molecule has 2 rings (SSSR count). The van der Waals surface area contributed by atoms with Gasteiger partial charge in [0, 0.05) is 12.1 Å². The summed E-state index contributed by atoms with van der Waals surface area (Å²) in [4.78, 5) is 0. The molecule has 0 aromatic heterocycles. The molecular weight excluding hydrogens is 193 g/mol. The Morgan fingerprint density at radius 2 is 1.64 bits per heavy atom. The minimum absolute atomic E-state index is 0.194. The summed E-state index contributed by atoms with van der Waals surface area (Å²) in [5.74, 6) is 0. The van der Waals surface area contributed by atoms with Gasteiger partial charge in [-0.15, -0.1) is 0 Å². The lowest BCUT2D eigenvalue weighted by Gasteiger charge is -2.43. The lowest BCUT2D eigenvalue weighted by molar-refractivity contribution is -0.243. The Morgan fingerprint density at radius 3 is 2.00 bits per heavy atom. The van der Waals surface area contributed by atoms with Crippen LogP contribution in [0.25, 0.3) is 0 Å². The van der Waals surface area contributed by atoms with Crippen molar-refractivity contribution in [1.82, 2.24) is 10.6 Å². The molecule has 0 bridgehead atoms. The van der Waals surface area contributed by atoms with Gasteiger partial charge in [0.25, 0.3) is 0 Å². The molecule has 0 spiro atoms. The Labute approximate surface area is 81.2 Å². The van der Waals surface area contributed by atoms with Crippen LogP contribution in [0.1, 0.15) is 19.8 Å². The predicted octanol–water partition coefficient (Wildman–Crippen LogP) is 1.28. The number of hydrogen-bond donors (Lipinski definition) is 2. The van der Waals surface area contributed by atoms with E-state index < -0.39 is 17.1 Å². The van der Waals surface area contributed by atoms with Gasteiger partial charge in [0.15, 0.2) is 0 Å². The van der Waals surface area contributed by atoms with E-state index in [4.69, 9.17) is 0 Å². The standard InChI is InChI=1S/C9H15F3N2/c1-7(6-14-7)8(9(10,11)12)2-4-13-5-3-8/h13-14H,2-6H2,1H3. The van der Waals surface area contributed by atoms with Crippen molar-refractivity contribution in [3.8, 4) is 0 Å². The molecule has 2 aliphatic rings. The van der Waals surface area contributed by atoms with Crippen molar-refractivity contribution in [2.45, 2.75) is 31.5 Å². The summed E-state index contributed by atoms with van der Waals surface area (Å²) in [5, 5.41) is 5.86. The summed E-state index contributed by atoms with van der Waals surface area (Å²) in [6.07, 6.45) is -3.70. The smallest absolute Gasteiger partial charge is 0.317 e. The summed E-state index contributed by atoms with van der Waals surface area (Å²) in [6, 6.07) is 0. The van der Waals surface area contributed by atoms with Crippen molar-refractivity contribution >= 4 is 0 Å². The lowest BCUT2D eigenvalue weighted by Crippen LogP contribution is -2.55. The van der Waals surface area contributed by atoms with Gasteiger partial charge in [0.05, 0.1) is 5.41 Å². The third-order valence-corrected chi connectivity index (χ3v) is 3.76.